The molecule has 0 saturated heterocycles. The van der Waals surface area contributed by atoms with E-state index in [4.69, 9.17) is 4.42 Å². The minimum Gasteiger partial charge on any atom is -0.472 e. The van der Waals surface area contributed by atoms with Gasteiger partial charge in [0.05, 0.1) is 31.0 Å². The summed E-state index contributed by atoms with van der Waals surface area (Å²) in [7, 11) is 0. The number of anilines is 1. The molecule has 8 heteroatoms. The van der Waals surface area contributed by atoms with Crippen LogP contribution in [-0.2, 0) is 13.0 Å². The topological polar surface area (TPSA) is 91.5 Å². The molecule has 0 saturated carbocycles. The number of halogens is 1. The molecular weight excluding hydrogens is 424 g/mol. The van der Waals surface area contributed by atoms with E-state index in [1.165, 1.54) is 29.9 Å². The molecule has 3 heterocycles. The quantitative estimate of drug-likeness (QED) is 0.630. The fraction of sp³-hybridized carbons (Fsp3) is 0.250. The maximum Gasteiger partial charge on any atom is 0.271 e. The second-order valence-corrected chi connectivity index (χ2v) is 7.45. The van der Waals surface area contributed by atoms with Crippen molar-refractivity contribution in [2.75, 3.05) is 18.0 Å². The Balaban J connectivity index is 1.44. The largest absolute Gasteiger partial charge is 0.472 e. The number of carbonyl (C=O) groups is 1. The van der Waals surface area contributed by atoms with Gasteiger partial charge in [0.15, 0.2) is 0 Å². The maximum absolute atomic E-state index is 12.4. The van der Waals surface area contributed by atoms with Crippen LogP contribution in [0.15, 0.2) is 58.1 Å². The number of hydrogen-bond donors (Lipinski definition) is 2. The normalized spacial score (nSPS) is 14.4. The van der Waals surface area contributed by atoms with E-state index in [0.29, 0.717) is 17.9 Å². The first-order chi connectivity index (χ1) is 13.6. The van der Waals surface area contributed by atoms with Crippen LogP contribution in [-0.4, -0.2) is 34.1 Å². The van der Waals surface area contributed by atoms with Gasteiger partial charge in [-0.1, -0.05) is 28.1 Å². The molecule has 0 radical (unpaired) electrons. The minimum absolute atomic E-state index is 0.0649. The first-order valence-electron chi connectivity index (χ1n) is 8.93. The van der Waals surface area contributed by atoms with Crippen LogP contribution < -0.4 is 10.2 Å². The molecule has 3 aromatic rings. The van der Waals surface area contributed by atoms with E-state index in [0.717, 1.165) is 17.4 Å². The molecule has 0 bridgehead atoms. The van der Waals surface area contributed by atoms with Crippen LogP contribution in [0.5, 0.6) is 0 Å². The number of nitrogens with zero attached hydrogens (tertiary/aromatic N) is 3. The number of amides is 1. The lowest BCUT2D eigenvalue weighted by Gasteiger charge is -2.30. The van der Waals surface area contributed by atoms with Crippen molar-refractivity contribution < 1.29 is 14.3 Å². The highest BCUT2D eigenvalue weighted by Gasteiger charge is 2.20. The Hall–Kier alpha value is -2.71. The molecule has 1 unspecified atom stereocenters. The second kappa shape index (κ2) is 8.12. The second-order valence-electron chi connectivity index (χ2n) is 6.59. The summed E-state index contributed by atoms with van der Waals surface area (Å²) in [5.41, 5.74) is 3.38. The molecule has 0 spiro atoms. The number of hydrogen-bond acceptors (Lipinski definition) is 6. The van der Waals surface area contributed by atoms with Crippen molar-refractivity contribution in [3.63, 3.8) is 0 Å². The van der Waals surface area contributed by atoms with E-state index in [2.05, 4.69) is 48.2 Å². The molecule has 1 amide bonds. The minimum atomic E-state index is -0.837. The molecule has 1 aliphatic rings. The zero-order chi connectivity index (χ0) is 19.5. The van der Waals surface area contributed by atoms with Gasteiger partial charge < -0.3 is 19.7 Å². The lowest BCUT2D eigenvalue weighted by atomic mass is 10.00. The molecule has 1 aliphatic heterocycles. The van der Waals surface area contributed by atoms with Crippen molar-refractivity contribution in [2.45, 2.75) is 19.1 Å². The number of rotatable bonds is 5. The highest BCUT2D eigenvalue weighted by atomic mass is 79.9. The molecule has 0 aliphatic carbocycles. The lowest BCUT2D eigenvalue weighted by molar-refractivity contribution is 0.0910. The Morgan fingerprint density at radius 2 is 2.25 bits per heavy atom. The van der Waals surface area contributed by atoms with Gasteiger partial charge >= 0.3 is 0 Å². The van der Waals surface area contributed by atoms with E-state index in [1.54, 1.807) is 12.3 Å². The van der Waals surface area contributed by atoms with Crippen molar-refractivity contribution >= 4 is 27.7 Å². The lowest BCUT2D eigenvalue weighted by Crippen LogP contribution is -2.33. The molecule has 28 heavy (non-hydrogen) atoms. The summed E-state index contributed by atoms with van der Waals surface area (Å²) in [6.07, 6.45) is 6.08. The van der Waals surface area contributed by atoms with Crippen LogP contribution >= 0.6 is 15.9 Å². The third kappa shape index (κ3) is 3.93. The van der Waals surface area contributed by atoms with Crippen molar-refractivity contribution in [1.82, 2.24) is 15.3 Å². The Morgan fingerprint density at radius 3 is 3.07 bits per heavy atom. The number of furan rings is 1. The van der Waals surface area contributed by atoms with Crippen LogP contribution in [0, 0.1) is 0 Å². The van der Waals surface area contributed by atoms with Crippen LogP contribution in [0.1, 0.15) is 33.3 Å². The summed E-state index contributed by atoms with van der Waals surface area (Å²) in [6, 6.07) is 7.84. The van der Waals surface area contributed by atoms with E-state index in [-0.39, 0.29) is 18.1 Å². The molecule has 0 fully saturated rings. The molecule has 7 nitrogen and oxygen atoms in total. The summed E-state index contributed by atoms with van der Waals surface area (Å²) in [5.74, 6) is 0.283. The Labute approximate surface area is 170 Å². The smallest absolute Gasteiger partial charge is 0.271 e. The number of carbonyl (C=O) groups excluding carboxylic acids is 1. The molecule has 1 aromatic carbocycles. The number of aliphatic hydroxyl groups excluding tert-OH is 1. The van der Waals surface area contributed by atoms with Gasteiger partial charge in [0.2, 0.25) is 0 Å². The summed E-state index contributed by atoms with van der Waals surface area (Å²) >= 11 is 3.61. The summed E-state index contributed by atoms with van der Waals surface area (Å²) in [4.78, 5) is 23.2. The fourth-order valence-electron chi connectivity index (χ4n) is 3.24. The Bertz CT molecular complexity index is 977. The van der Waals surface area contributed by atoms with Crippen LogP contribution in [0.2, 0.25) is 0 Å². The van der Waals surface area contributed by atoms with Crippen molar-refractivity contribution in [2.24, 2.45) is 0 Å². The predicted octanol–water partition coefficient (Wildman–Crippen LogP) is 2.86. The average molecular weight is 443 g/mol. The predicted molar refractivity (Wildman–Crippen MR) is 107 cm³/mol. The Morgan fingerprint density at radius 1 is 1.36 bits per heavy atom. The number of benzene rings is 1. The first kappa shape index (κ1) is 18.6. The third-order valence-electron chi connectivity index (χ3n) is 4.77. The van der Waals surface area contributed by atoms with Crippen molar-refractivity contribution in [3.05, 3.63) is 76.0 Å². The molecule has 4 rings (SSSR count). The van der Waals surface area contributed by atoms with Crippen LogP contribution in [0.3, 0.4) is 0 Å². The summed E-state index contributed by atoms with van der Waals surface area (Å²) in [5, 5.41) is 12.7. The van der Waals surface area contributed by atoms with Gasteiger partial charge in [0.25, 0.3) is 5.91 Å². The van der Waals surface area contributed by atoms with E-state index in [1.807, 2.05) is 6.07 Å². The van der Waals surface area contributed by atoms with E-state index >= 15 is 0 Å². The first-order valence-corrected chi connectivity index (χ1v) is 9.73. The SMILES string of the molecule is O=C(NCC(O)c1ccoc1)c1cncc(N2CCc3c(Br)cccc3C2)n1. The van der Waals surface area contributed by atoms with Crippen LogP contribution in [0.4, 0.5) is 5.82 Å². The van der Waals surface area contributed by atoms with E-state index < -0.39 is 6.10 Å². The number of aliphatic hydroxyl groups is 1. The molecule has 1 atom stereocenters. The van der Waals surface area contributed by atoms with Gasteiger partial charge in [-0.15, -0.1) is 0 Å². The third-order valence-corrected chi connectivity index (χ3v) is 5.51. The fourth-order valence-corrected chi connectivity index (χ4v) is 3.84. The monoisotopic (exact) mass is 442 g/mol. The van der Waals surface area contributed by atoms with Gasteiger partial charge in [-0.25, -0.2) is 4.98 Å². The molecular formula is C20H19BrN4O3. The number of nitrogens with one attached hydrogen (secondary N) is 1. The zero-order valence-corrected chi connectivity index (χ0v) is 16.6. The maximum atomic E-state index is 12.4. The highest BCUT2D eigenvalue weighted by Crippen LogP contribution is 2.28. The average Bonchev–Trinajstić information content (AvgIpc) is 3.27. The Kier molecular flexibility index (Phi) is 5.40. The summed E-state index contributed by atoms with van der Waals surface area (Å²) in [6.45, 7) is 1.58. The van der Waals surface area contributed by atoms with Gasteiger partial charge in [0.1, 0.15) is 11.5 Å². The van der Waals surface area contributed by atoms with Gasteiger partial charge in [-0.2, -0.15) is 0 Å². The molecule has 2 N–H and O–H groups in total. The zero-order valence-electron chi connectivity index (χ0n) is 15.0. The number of aromatic nitrogens is 2. The standard InChI is InChI=1S/C20H19BrN4O3/c21-16-3-1-2-13-11-25(6-4-15(13)16)19-10-22-8-17(24-19)20(27)23-9-18(26)14-5-7-28-12-14/h1-3,5,7-8,10,12,18,26H,4,6,9,11H2,(H,23,27). The molecule has 144 valence electrons. The van der Waals surface area contributed by atoms with Gasteiger partial charge in [-0.3, -0.25) is 9.78 Å². The number of fused-ring (bicyclic) bond motifs is 1. The van der Waals surface area contributed by atoms with E-state index in [9.17, 15) is 9.90 Å². The summed E-state index contributed by atoms with van der Waals surface area (Å²) < 4.78 is 6.06. The van der Waals surface area contributed by atoms with Crippen molar-refractivity contribution in [1.29, 1.82) is 0 Å². The highest BCUT2D eigenvalue weighted by molar-refractivity contribution is 9.10. The van der Waals surface area contributed by atoms with Crippen LogP contribution in [0.25, 0.3) is 0 Å². The van der Waals surface area contributed by atoms with Gasteiger partial charge in [-0.05, 0) is 29.7 Å². The van der Waals surface area contributed by atoms with Crippen molar-refractivity contribution in [3.8, 4) is 0 Å². The molecule has 2 aromatic heterocycles. The van der Waals surface area contributed by atoms with Gasteiger partial charge in [0, 0.05) is 29.7 Å².